The Morgan fingerprint density at radius 2 is 2.00 bits per heavy atom. The van der Waals surface area contributed by atoms with E-state index in [0.29, 0.717) is 11.3 Å². The van der Waals surface area contributed by atoms with Gasteiger partial charge in [0.05, 0.1) is 11.3 Å². The molecule has 1 N–H and O–H groups in total. The van der Waals surface area contributed by atoms with Crippen LogP contribution in [0.2, 0.25) is 0 Å². The molecule has 0 aliphatic rings. The lowest BCUT2D eigenvalue weighted by Crippen LogP contribution is -2.19. The van der Waals surface area contributed by atoms with E-state index >= 15 is 0 Å². The lowest BCUT2D eigenvalue weighted by Gasteiger charge is -2.10. The zero-order valence-electron chi connectivity index (χ0n) is 9.55. The van der Waals surface area contributed by atoms with Crippen LogP contribution in [0, 0.1) is 12.7 Å². The summed E-state index contributed by atoms with van der Waals surface area (Å²) in [4.78, 5) is 22.6. The smallest absolute Gasteiger partial charge is 0.337 e. The summed E-state index contributed by atoms with van der Waals surface area (Å²) in [6.45, 7) is 1.53. The molecule has 2 aromatic rings. The number of halogens is 1. The van der Waals surface area contributed by atoms with Crippen LogP contribution in [-0.2, 0) is 0 Å². The van der Waals surface area contributed by atoms with Crippen molar-refractivity contribution in [2.24, 2.45) is 0 Å². The Hall–Kier alpha value is -2.43. The molecule has 1 aromatic heterocycles. The van der Waals surface area contributed by atoms with Crippen LogP contribution in [0.4, 0.5) is 4.39 Å². The molecule has 18 heavy (non-hydrogen) atoms. The average Bonchev–Trinajstić information content (AvgIpc) is 2.33. The lowest BCUT2D eigenvalue weighted by atomic mass is 10.1. The Balaban J connectivity index is 2.70. The van der Waals surface area contributed by atoms with E-state index < -0.39 is 17.3 Å². The molecule has 0 fully saturated rings. The van der Waals surface area contributed by atoms with Crippen molar-refractivity contribution in [3.05, 3.63) is 63.8 Å². The summed E-state index contributed by atoms with van der Waals surface area (Å²) in [5.41, 5.74) is 0.192. The van der Waals surface area contributed by atoms with Crippen LogP contribution in [0.1, 0.15) is 15.9 Å². The van der Waals surface area contributed by atoms with Gasteiger partial charge in [-0.2, -0.15) is 0 Å². The third-order valence-electron chi connectivity index (χ3n) is 2.66. The maximum atomic E-state index is 13.4. The molecule has 0 atom stereocenters. The molecule has 5 heteroatoms. The molecule has 0 saturated heterocycles. The average molecular weight is 247 g/mol. The summed E-state index contributed by atoms with van der Waals surface area (Å²) in [5, 5.41) is 8.88. The first-order valence-corrected chi connectivity index (χ1v) is 5.22. The fourth-order valence-electron chi connectivity index (χ4n) is 1.66. The number of rotatable bonds is 2. The van der Waals surface area contributed by atoms with Crippen LogP contribution in [0.15, 0.2) is 41.3 Å². The molecule has 1 aromatic carbocycles. The Bertz CT molecular complexity index is 676. The minimum atomic E-state index is -1.14. The summed E-state index contributed by atoms with van der Waals surface area (Å²) in [6, 6.07) is 6.68. The second kappa shape index (κ2) is 4.44. The summed E-state index contributed by atoms with van der Waals surface area (Å²) in [7, 11) is 0. The monoisotopic (exact) mass is 247 g/mol. The quantitative estimate of drug-likeness (QED) is 0.882. The van der Waals surface area contributed by atoms with Gasteiger partial charge < -0.3 is 5.11 Å². The van der Waals surface area contributed by atoms with E-state index in [1.807, 2.05) is 0 Å². The molecule has 0 amide bonds. The molecule has 0 aliphatic heterocycles. The van der Waals surface area contributed by atoms with Gasteiger partial charge in [0, 0.05) is 17.8 Å². The van der Waals surface area contributed by atoms with Gasteiger partial charge in [-0.05, 0) is 25.1 Å². The van der Waals surface area contributed by atoms with Gasteiger partial charge in [0.15, 0.2) is 0 Å². The van der Waals surface area contributed by atoms with Crippen molar-refractivity contribution in [1.29, 1.82) is 0 Å². The second-order valence-electron chi connectivity index (χ2n) is 3.82. The van der Waals surface area contributed by atoms with Crippen LogP contribution in [0.25, 0.3) is 5.69 Å². The molecule has 0 bridgehead atoms. The highest BCUT2D eigenvalue weighted by Gasteiger charge is 2.10. The van der Waals surface area contributed by atoms with Crippen molar-refractivity contribution < 1.29 is 14.3 Å². The number of aromatic nitrogens is 1. The van der Waals surface area contributed by atoms with Crippen molar-refractivity contribution in [3.63, 3.8) is 0 Å². The van der Waals surface area contributed by atoms with E-state index in [4.69, 9.17) is 5.11 Å². The van der Waals surface area contributed by atoms with Gasteiger partial charge in [-0.25, -0.2) is 9.18 Å². The molecule has 0 saturated carbocycles. The highest BCUT2D eigenvalue weighted by atomic mass is 19.1. The van der Waals surface area contributed by atoms with Crippen LogP contribution in [-0.4, -0.2) is 15.6 Å². The van der Waals surface area contributed by atoms with E-state index in [9.17, 15) is 14.0 Å². The number of hydrogen-bond acceptors (Lipinski definition) is 2. The van der Waals surface area contributed by atoms with Gasteiger partial charge in [-0.3, -0.25) is 9.36 Å². The fourth-order valence-corrected chi connectivity index (χ4v) is 1.66. The predicted molar refractivity (Wildman–Crippen MR) is 63.7 cm³/mol. The van der Waals surface area contributed by atoms with E-state index in [0.717, 1.165) is 10.6 Å². The van der Waals surface area contributed by atoms with Gasteiger partial charge >= 0.3 is 5.97 Å². The normalized spacial score (nSPS) is 10.3. The van der Waals surface area contributed by atoms with Crippen LogP contribution < -0.4 is 5.56 Å². The predicted octanol–water partition coefficient (Wildman–Crippen LogP) is 1.98. The zero-order valence-corrected chi connectivity index (χ0v) is 9.55. The SMILES string of the molecule is Cc1c(F)cccc1-n1cc(C(=O)O)ccc1=O. The Morgan fingerprint density at radius 1 is 1.28 bits per heavy atom. The zero-order chi connectivity index (χ0) is 13.3. The van der Waals surface area contributed by atoms with Crippen molar-refractivity contribution in [2.45, 2.75) is 6.92 Å². The third kappa shape index (κ3) is 2.02. The number of carboxylic acids is 1. The minimum Gasteiger partial charge on any atom is -0.478 e. The maximum absolute atomic E-state index is 13.4. The van der Waals surface area contributed by atoms with E-state index in [1.165, 1.54) is 31.3 Å². The Kier molecular flexibility index (Phi) is 2.97. The number of pyridine rings is 1. The molecular weight excluding hydrogens is 237 g/mol. The van der Waals surface area contributed by atoms with Crippen molar-refractivity contribution in [2.75, 3.05) is 0 Å². The number of carboxylic acid groups (broad SMARTS) is 1. The molecule has 92 valence electrons. The van der Waals surface area contributed by atoms with Crippen LogP contribution >= 0.6 is 0 Å². The largest absolute Gasteiger partial charge is 0.478 e. The summed E-state index contributed by atoms with van der Waals surface area (Å²) in [6.07, 6.45) is 1.19. The van der Waals surface area contributed by atoms with E-state index in [1.54, 1.807) is 6.07 Å². The molecule has 0 radical (unpaired) electrons. The van der Waals surface area contributed by atoms with Gasteiger partial charge in [-0.15, -0.1) is 0 Å². The molecular formula is C13H10FNO3. The van der Waals surface area contributed by atoms with Crippen LogP contribution in [0.5, 0.6) is 0 Å². The third-order valence-corrected chi connectivity index (χ3v) is 2.66. The topological polar surface area (TPSA) is 59.3 Å². The first kappa shape index (κ1) is 12.0. The summed E-state index contributed by atoms with van der Waals surface area (Å²) >= 11 is 0. The van der Waals surface area contributed by atoms with Crippen LogP contribution in [0.3, 0.4) is 0 Å². The molecule has 0 aliphatic carbocycles. The standard InChI is InChI=1S/C13H10FNO3/c1-8-10(14)3-2-4-11(8)15-7-9(13(17)18)5-6-12(15)16/h2-7H,1H3,(H,17,18). The maximum Gasteiger partial charge on any atom is 0.337 e. The molecule has 4 nitrogen and oxygen atoms in total. The Morgan fingerprint density at radius 3 is 2.67 bits per heavy atom. The molecule has 0 unspecified atom stereocenters. The minimum absolute atomic E-state index is 0.0294. The second-order valence-corrected chi connectivity index (χ2v) is 3.82. The highest BCUT2D eigenvalue weighted by molar-refractivity contribution is 5.87. The first-order chi connectivity index (χ1) is 8.50. The highest BCUT2D eigenvalue weighted by Crippen LogP contribution is 2.15. The van der Waals surface area contributed by atoms with Gasteiger partial charge in [0.1, 0.15) is 5.82 Å². The van der Waals surface area contributed by atoms with Crippen molar-refractivity contribution in [3.8, 4) is 5.69 Å². The first-order valence-electron chi connectivity index (χ1n) is 5.22. The van der Waals surface area contributed by atoms with Gasteiger partial charge in [0.25, 0.3) is 5.56 Å². The molecule has 1 heterocycles. The van der Waals surface area contributed by atoms with E-state index in [2.05, 4.69) is 0 Å². The number of aromatic carboxylic acids is 1. The van der Waals surface area contributed by atoms with Gasteiger partial charge in [0.2, 0.25) is 0 Å². The van der Waals surface area contributed by atoms with Gasteiger partial charge in [-0.1, -0.05) is 6.07 Å². The Labute approximate surface area is 102 Å². The molecule has 2 rings (SSSR count). The summed E-state index contributed by atoms with van der Waals surface area (Å²) < 4.78 is 14.6. The number of benzene rings is 1. The molecule has 0 spiro atoms. The lowest BCUT2D eigenvalue weighted by molar-refractivity contribution is 0.0696. The van der Waals surface area contributed by atoms with E-state index in [-0.39, 0.29) is 5.56 Å². The number of carbonyl (C=O) groups is 1. The summed E-state index contributed by atoms with van der Waals surface area (Å²) in [5.74, 6) is -1.59. The van der Waals surface area contributed by atoms with Crippen molar-refractivity contribution in [1.82, 2.24) is 4.57 Å². The fraction of sp³-hybridized carbons (Fsp3) is 0.0769. The van der Waals surface area contributed by atoms with Crippen molar-refractivity contribution >= 4 is 5.97 Å². The number of hydrogen-bond donors (Lipinski definition) is 1. The number of nitrogens with zero attached hydrogens (tertiary/aromatic N) is 1.